The highest BCUT2D eigenvalue weighted by Crippen LogP contribution is 2.50. The van der Waals surface area contributed by atoms with E-state index < -0.39 is 0 Å². The topological polar surface area (TPSA) is 44.5 Å². The van der Waals surface area contributed by atoms with Crippen LogP contribution >= 0.6 is 11.8 Å². The number of rotatable bonds is 5. The molecule has 1 aliphatic carbocycles. The first-order valence-electron chi connectivity index (χ1n) is 6.22. The second-order valence-corrected chi connectivity index (χ2v) is 5.57. The van der Waals surface area contributed by atoms with Crippen LogP contribution in [0.25, 0.3) is 0 Å². The molecule has 0 heterocycles. The van der Waals surface area contributed by atoms with Crippen LogP contribution in [-0.2, 0) is 5.41 Å². The number of nitrogens with two attached hydrogens (primary N) is 1. The van der Waals surface area contributed by atoms with Gasteiger partial charge in [-0.15, -0.1) is 11.8 Å². The van der Waals surface area contributed by atoms with Gasteiger partial charge >= 0.3 is 0 Å². The lowest BCUT2D eigenvalue weighted by atomic mass is 9.64. The van der Waals surface area contributed by atoms with Crippen LogP contribution in [0.5, 0.6) is 11.5 Å². The van der Waals surface area contributed by atoms with Gasteiger partial charge in [-0.3, -0.25) is 0 Å². The van der Waals surface area contributed by atoms with Gasteiger partial charge < -0.3 is 15.2 Å². The minimum absolute atomic E-state index is 0.0928. The monoisotopic (exact) mass is 267 g/mol. The Hall–Kier alpha value is -0.870. The summed E-state index contributed by atoms with van der Waals surface area (Å²) in [5.41, 5.74) is 7.28. The molecule has 0 bridgehead atoms. The molecule has 2 rings (SSSR count). The highest BCUT2D eigenvalue weighted by atomic mass is 32.2. The number of hydrogen-bond donors (Lipinski definition) is 1. The Morgan fingerprint density at radius 2 is 1.89 bits per heavy atom. The molecule has 1 aliphatic rings. The standard InChI is InChI=1S/C14H21NO2S/c1-16-12-10(14(9-15)7-4-8-14)5-6-11(18-3)13(12)17-2/h5-6H,4,7-9,15H2,1-3H3. The lowest BCUT2D eigenvalue weighted by Gasteiger charge is -2.42. The van der Waals surface area contributed by atoms with Crippen molar-refractivity contribution in [2.45, 2.75) is 29.6 Å². The lowest BCUT2D eigenvalue weighted by molar-refractivity contribution is 0.239. The SMILES string of the molecule is COc1c(SC)ccc(C2(CN)CCC2)c1OC. The normalized spacial score (nSPS) is 17.1. The maximum atomic E-state index is 5.98. The van der Waals surface area contributed by atoms with E-state index in [1.807, 2.05) is 6.26 Å². The number of benzene rings is 1. The molecule has 1 aromatic carbocycles. The van der Waals surface area contributed by atoms with Gasteiger partial charge in [-0.2, -0.15) is 0 Å². The average molecular weight is 267 g/mol. The Labute approximate surface area is 113 Å². The Kier molecular flexibility index (Phi) is 4.07. The maximum Gasteiger partial charge on any atom is 0.174 e. The van der Waals surface area contributed by atoms with Crippen LogP contribution in [0.2, 0.25) is 0 Å². The molecule has 18 heavy (non-hydrogen) atoms. The van der Waals surface area contributed by atoms with Crippen LogP contribution in [0.3, 0.4) is 0 Å². The van der Waals surface area contributed by atoms with Crippen molar-refractivity contribution in [1.29, 1.82) is 0 Å². The van der Waals surface area contributed by atoms with Crippen molar-refractivity contribution in [1.82, 2.24) is 0 Å². The van der Waals surface area contributed by atoms with E-state index in [1.165, 1.54) is 12.0 Å². The van der Waals surface area contributed by atoms with Gasteiger partial charge in [0.2, 0.25) is 0 Å². The maximum absolute atomic E-state index is 5.98. The fraction of sp³-hybridized carbons (Fsp3) is 0.571. The van der Waals surface area contributed by atoms with Gasteiger partial charge in [-0.05, 0) is 25.2 Å². The summed E-state index contributed by atoms with van der Waals surface area (Å²) >= 11 is 1.67. The van der Waals surface area contributed by atoms with E-state index in [1.54, 1.807) is 26.0 Å². The molecule has 0 atom stereocenters. The Morgan fingerprint density at radius 3 is 2.28 bits per heavy atom. The molecule has 0 aromatic heterocycles. The van der Waals surface area contributed by atoms with Gasteiger partial charge in [-0.1, -0.05) is 12.5 Å². The number of thioether (sulfide) groups is 1. The summed E-state index contributed by atoms with van der Waals surface area (Å²) in [5, 5.41) is 0. The summed E-state index contributed by atoms with van der Waals surface area (Å²) in [6, 6.07) is 4.26. The second-order valence-electron chi connectivity index (χ2n) is 4.72. The first-order valence-corrected chi connectivity index (χ1v) is 7.44. The molecule has 1 saturated carbocycles. The molecule has 2 N–H and O–H groups in total. The predicted octanol–water partition coefficient (Wildman–Crippen LogP) is 2.81. The lowest BCUT2D eigenvalue weighted by Crippen LogP contribution is -2.41. The quantitative estimate of drug-likeness (QED) is 0.833. The molecule has 100 valence electrons. The van der Waals surface area contributed by atoms with Gasteiger partial charge in [0.15, 0.2) is 11.5 Å². The van der Waals surface area contributed by atoms with Gasteiger partial charge in [0, 0.05) is 17.5 Å². The van der Waals surface area contributed by atoms with E-state index in [4.69, 9.17) is 15.2 Å². The van der Waals surface area contributed by atoms with Crippen molar-refractivity contribution < 1.29 is 9.47 Å². The first-order chi connectivity index (χ1) is 8.72. The largest absolute Gasteiger partial charge is 0.493 e. The molecule has 0 radical (unpaired) electrons. The molecule has 0 amide bonds. The zero-order valence-electron chi connectivity index (χ0n) is 11.3. The summed E-state index contributed by atoms with van der Waals surface area (Å²) in [4.78, 5) is 1.10. The molecule has 4 heteroatoms. The van der Waals surface area contributed by atoms with Gasteiger partial charge in [0.1, 0.15) is 0 Å². The highest BCUT2D eigenvalue weighted by molar-refractivity contribution is 7.98. The van der Waals surface area contributed by atoms with Crippen LogP contribution in [0.4, 0.5) is 0 Å². The molecule has 0 unspecified atom stereocenters. The Bertz CT molecular complexity index is 425. The van der Waals surface area contributed by atoms with Gasteiger partial charge in [0.25, 0.3) is 0 Å². The fourth-order valence-electron chi connectivity index (χ4n) is 2.71. The fourth-order valence-corrected chi connectivity index (χ4v) is 3.27. The van der Waals surface area contributed by atoms with E-state index in [0.29, 0.717) is 6.54 Å². The minimum atomic E-state index is 0.0928. The molecule has 1 aromatic rings. The third-order valence-corrected chi connectivity index (χ3v) is 4.74. The molecule has 3 nitrogen and oxygen atoms in total. The summed E-state index contributed by atoms with van der Waals surface area (Å²) < 4.78 is 11.1. The minimum Gasteiger partial charge on any atom is -0.493 e. The van der Waals surface area contributed by atoms with Gasteiger partial charge in [-0.25, -0.2) is 0 Å². The first kappa shape index (κ1) is 13.6. The predicted molar refractivity (Wildman–Crippen MR) is 75.9 cm³/mol. The molecule has 0 aliphatic heterocycles. The van der Waals surface area contributed by atoms with E-state index in [9.17, 15) is 0 Å². The average Bonchev–Trinajstić information content (AvgIpc) is 2.37. The second kappa shape index (κ2) is 5.41. The van der Waals surface area contributed by atoms with Crippen molar-refractivity contribution in [2.24, 2.45) is 5.73 Å². The molecule has 0 saturated heterocycles. The molecular weight excluding hydrogens is 246 g/mol. The Balaban J connectivity index is 2.54. The van der Waals surface area contributed by atoms with Crippen LogP contribution in [0, 0.1) is 0 Å². The summed E-state index contributed by atoms with van der Waals surface area (Å²) in [6.45, 7) is 0.672. The van der Waals surface area contributed by atoms with E-state index in [2.05, 4.69) is 12.1 Å². The third-order valence-electron chi connectivity index (χ3n) is 3.98. The number of methoxy groups -OCH3 is 2. The zero-order valence-corrected chi connectivity index (χ0v) is 12.1. The van der Waals surface area contributed by atoms with Crippen molar-refractivity contribution in [3.63, 3.8) is 0 Å². The molecule has 1 fully saturated rings. The van der Waals surface area contributed by atoms with Crippen LogP contribution < -0.4 is 15.2 Å². The number of hydrogen-bond acceptors (Lipinski definition) is 4. The molecular formula is C14H21NO2S. The van der Waals surface area contributed by atoms with Crippen LogP contribution in [0.1, 0.15) is 24.8 Å². The van der Waals surface area contributed by atoms with E-state index in [-0.39, 0.29) is 5.41 Å². The van der Waals surface area contributed by atoms with Crippen molar-refractivity contribution in [2.75, 3.05) is 27.0 Å². The Morgan fingerprint density at radius 1 is 1.22 bits per heavy atom. The smallest absolute Gasteiger partial charge is 0.174 e. The highest BCUT2D eigenvalue weighted by Gasteiger charge is 2.40. The van der Waals surface area contributed by atoms with Crippen molar-refractivity contribution >= 4 is 11.8 Å². The van der Waals surface area contributed by atoms with Crippen molar-refractivity contribution in [3.8, 4) is 11.5 Å². The van der Waals surface area contributed by atoms with E-state index in [0.717, 1.165) is 29.2 Å². The summed E-state index contributed by atoms with van der Waals surface area (Å²) in [7, 11) is 3.39. The summed E-state index contributed by atoms with van der Waals surface area (Å²) in [5.74, 6) is 1.69. The van der Waals surface area contributed by atoms with Gasteiger partial charge in [0.05, 0.1) is 19.1 Å². The van der Waals surface area contributed by atoms with Crippen LogP contribution in [0.15, 0.2) is 17.0 Å². The molecule has 0 spiro atoms. The third kappa shape index (κ3) is 1.97. The van der Waals surface area contributed by atoms with Crippen molar-refractivity contribution in [3.05, 3.63) is 17.7 Å². The number of ether oxygens (including phenoxy) is 2. The van der Waals surface area contributed by atoms with E-state index >= 15 is 0 Å². The summed E-state index contributed by atoms with van der Waals surface area (Å²) in [6.07, 6.45) is 5.56. The van der Waals surface area contributed by atoms with Crippen LogP contribution in [-0.4, -0.2) is 27.0 Å². The zero-order chi connectivity index (χ0) is 13.2.